The molecule has 0 amide bonds. The van der Waals surface area contributed by atoms with Gasteiger partial charge in [-0.25, -0.2) is 4.98 Å². The first-order chi connectivity index (χ1) is 13.0. The second-order valence-electron chi connectivity index (χ2n) is 6.07. The van der Waals surface area contributed by atoms with Crippen LogP contribution in [-0.4, -0.2) is 27.3 Å². The van der Waals surface area contributed by atoms with Gasteiger partial charge in [-0.05, 0) is 37.1 Å². The van der Waals surface area contributed by atoms with Gasteiger partial charge < -0.3 is 9.47 Å². The Kier molecular flexibility index (Phi) is 6.47. The first-order valence-corrected chi connectivity index (χ1v) is 9.75. The van der Waals surface area contributed by atoms with Crippen LogP contribution in [0.15, 0.2) is 36.0 Å². The lowest BCUT2D eigenvalue weighted by Crippen LogP contribution is -2.07. The maximum absolute atomic E-state index is 11.9. The highest BCUT2D eigenvalue weighted by Gasteiger charge is 2.09. The molecule has 0 aliphatic heterocycles. The maximum atomic E-state index is 11.9. The Morgan fingerprint density at radius 3 is 2.96 bits per heavy atom. The standard InChI is InChI=1S/C19H20ClN3O3S/c1-13-8-15(20)5-6-17(13)25-7-3-4-18(24)26-11-16-12-27-19(22-16)14-9-21-23(2)10-14/h5-6,8-10,12H,3-4,7,11H2,1-2H3. The number of halogens is 1. The minimum absolute atomic E-state index is 0.173. The first-order valence-electron chi connectivity index (χ1n) is 8.49. The normalized spacial score (nSPS) is 10.8. The molecule has 0 N–H and O–H groups in total. The van der Waals surface area contributed by atoms with Crippen LogP contribution in [-0.2, 0) is 23.2 Å². The molecule has 27 heavy (non-hydrogen) atoms. The van der Waals surface area contributed by atoms with Gasteiger partial charge in [0.05, 0.1) is 18.5 Å². The highest BCUT2D eigenvalue weighted by atomic mass is 35.5. The van der Waals surface area contributed by atoms with E-state index in [0.29, 0.717) is 24.5 Å². The predicted octanol–water partition coefficient (Wildman–Crippen LogP) is 4.41. The molecule has 2 heterocycles. The molecule has 1 aromatic carbocycles. The summed E-state index contributed by atoms with van der Waals surface area (Å²) in [5.74, 6) is 0.514. The molecule has 8 heteroatoms. The van der Waals surface area contributed by atoms with Crippen molar-refractivity contribution < 1.29 is 14.3 Å². The zero-order valence-corrected chi connectivity index (χ0v) is 16.7. The SMILES string of the molecule is Cc1cc(Cl)ccc1OCCCC(=O)OCc1csc(-c2cnn(C)c2)n1. The van der Waals surface area contributed by atoms with Crippen molar-refractivity contribution in [3.8, 4) is 16.3 Å². The Hall–Kier alpha value is -2.38. The van der Waals surface area contributed by atoms with Crippen LogP contribution in [0.4, 0.5) is 0 Å². The van der Waals surface area contributed by atoms with Gasteiger partial charge in [0.25, 0.3) is 0 Å². The largest absolute Gasteiger partial charge is 0.493 e. The number of nitrogens with zero attached hydrogens (tertiary/aromatic N) is 3. The van der Waals surface area contributed by atoms with Crippen molar-refractivity contribution in [3.63, 3.8) is 0 Å². The van der Waals surface area contributed by atoms with Gasteiger partial charge in [-0.3, -0.25) is 9.48 Å². The van der Waals surface area contributed by atoms with E-state index in [1.165, 1.54) is 11.3 Å². The van der Waals surface area contributed by atoms with Gasteiger partial charge >= 0.3 is 5.97 Å². The number of esters is 1. The monoisotopic (exact) mass is 405 g/mol. The molecule has 6 nitrogen and oxygen atoms in total. The Morgan fingerprint density at radius 2 is 2.22 bits per heavy atom. The van der Waals surface area contributed by atoms with Crippen molar-refractivity contribution in [1.29, 1.82) is 0 Å². The van der Waals surface area contributed by atoms with E-state index in [0.717, 1.165) is 27.6 Å². The zero-order chi connectivity index (χ0) is 19.2. The molecule has 0 fully saturated rings. The number of benzene rings is 1. The molecule has 3 rings (SSSR count). The molecule has 0 spiro atoms. The highest BCUT2D eigenvalue weighted by molar-refractivity contribution is 7.13. The summed E-state index contributed by atoms with van der Waals surface area (Å²) < 4.78 is 12.7. The second kappa shape index (κ2) is 9.01. The van der Waals surface area contributed by atoms with Crippen molar-refractivity contribution in [1.82, 2.24) is 14.8 Å². The quantitative estimate of drug-likeness (QED) is 0.410. The third-order valence-electron chi connectivity index (χ3n) is 3.80. The molecule has 2 aromatic heterocycles. The fourth-order valence-electron chi connectivity index (χ4n) is 2.44. The van der Waals surface area contributed by atoms with Crippen LogP contribution >= 0.6 is 22.9 Å². The van der Waals surface area contributed by atoms with Gasteiger partial charge in [0, 0.05) is 35.6 Å². The van der Waals surface area contributed by atoms with Gasteiger partial charge in [-0.1, -0.05) is 11.6 Å². The first kappa shape index (κ1) is 19.4. The number of carbonyl (C=O) groups excluding carboxylic acids is 1. The number of hydrogen-bond acceptors (Lipinski definition) is 6. The van der Waals surface area contributed by atoms with Crippen LogP contribution in [0.2, 0.25) is 5.02 Å². The van der Waals surface area contributed by atoms with Crippen molar-refractivity contribution in [2.24, 2.45) is 7.05 Å². The highest BCUT2D eigenvalue weighted by Crippen LogP contribution is 2.24. The number of rotatable bonds is 8. The van der Waals surface area contributed by atoms with Crippen LogP contribution in [0.3, 0.4) is 0 Å². The topological polar surface area (TPSA) is 66.2 Å². The van der Waals surface area contributed by atoms with Crippen molar-refractivity contribution in [3.05, 3.63) is 52.3 Å². The summed E-state index contributed by atoms with van der Waals surface area (Å²) in [6, 6.07) is 5.46. The average molecular weight is 406 g/mol. The van der Waals surface area contributed by atoms with E-state index in [1.54, 1.807) is 16.9 Å². The minimum atomic E-state index is -0.262. The number of aryl methyl sites for hydroxylation is 2. The summed E-state index contributed by atoms with van der Waals surface area (Å²) in [6.45, 7) is 2.55. The lowest BCUT2D eigenvalue weighted by atomic mass is 10.2. The van der Waals surface area contributed by atoms with Crippen molar-refractivity contribution >= 4 is 28.9 Å². The number of hydrogen-bond donors (Lipinski definition) is 0. The molecule has 0 aliphatic carbocycles. The predicted molar refractivity (Wildman–Crippen MR) is 105 cm³/mol. The van der Waals surface area contributed by atoms with E-state index in [1.807, 2.05) is 37.7 Å². The summed E-state index contributed by atoms with van der Waals surface area (Å²) in [6.07, 6.45) is 4.54. The Bertz CT molecular complexity index is 923. The summed E-state index contributed by atoms with van der Waals surface area (Å²) in [4.78, 5) is 16.4. The summed E-state index contributed by atoms with van der Waals surface area (Å²) >= 11 is 7.42. The van der Waals surface area contributed by atoms with E-state index in [4.69, 9.17) is 21.1 Å². The minimum Gasteiger partial charge on any atom is -0.493 e. The summed E-state index contributed by atoms with van der Waals surface area (Å²) in [5.41, 5.74) is 2.66. The summed E-state index contributed by atoms with van der Waals surface area (Å²) in [7, 11) is 1.86. The van der Waals surface area contributed by atoms with Gasteiger partial charge in [-0.2, -0.15) is 5.10 Å². The van der Waals surface area contributed by atoms with Gasteiger partial charge in [0.2, 0.25) is 0 Å². The third-order valence-corrected chi connectivity index (χ3v) is 4.98. The molecule has 0 saturated carbocycles. The number of ether oxygens (including phenoxy) is 2. The molecule has 142 valence electrons. The lowest BCUT2D eigenvalue weighted by Gasteiger charge is -2.09. The van der Waals surface area contributed by atoms with Gasteiger partial charge in [0.1, 0.15) is 17.4 Å². The Balaban J connectivity index is 1.38. The Morgan fingerprint density at radius 1 is 1.37 bits per heavy atom. The van der Waals surface area contributed by atoms with Crippen molar-refractivity contribution in [2.75, 3.05) is 6.61 Å². The molecule has 0 aliphatic rings. The zero-order valence-electron chi connectivity index (χ0n) is 15.1. The fourth-order valence-corrected chi connectivity index (χ4v) is 3.44. The van der Waals surface area contributed by atoms with E-state index in [-0.39, 0.29) is 12.6 Å². The van der Waals surface area contributed by atoms with Gasteiger partial charge in [-0.15, -0.1) is 11.3 Å². The van der Waals surface area contributed by atoms with E-state index >= 15 is 0 Å². The van der Waals surface area contributed by atoms with E-state index in [2.05, 4.69) is 10.1 Å². The van der Waals surface area contributed by atoms with Crippen molar-refractivity contribution in [2.45, 2.75) is 26.4 Å². The lowest BCUT2D eigenvalue weighted by molar-refractivity contribution is -0.145. The van der Waals surface area contributed by atoms with Crippen LogP contribution in [0.5, 0.6) is 5.75 Å². The summed E-state index contributed by atoms with van der Waals surface area (Å²) in [5, 5.41) is 7.56. The molecule has 0 bridgehead atoms. The maximum Gasteiger partial charge on any atom is 0.306 e. The fraction of sp³-hybridized carbons (Fsp3) is 0.316. The van der Waals surface area contributed by atoms with Gasteiger partial charge in [0.15, 0.2) is 0 Å². The number of carbonyl (C=O) groups is 1. The molecule has 3 aromatic rings. The molecular formula is C19H20ClN3O3S. The molecule has 0 radical (unpaired) electrons. The van der Waals surface area contributed by atoms with E-state index in [9.17, 15) is 4.79 Å². The third kappa shape index (κ3) is 5.55. The smallest absolute Gasteiger partial charge is 0.306 e. The molecule has 0 atom stereocenters. The van der Waals surface area contributed by atoms with Crippen LogP contribution in [0.25, 0.3) is 10.6 Å². The molecule has 0 unspecified atom stereocenters. The van der Waals surface area contributed by atoms with Crippen LogP contribution in [0, 0.1) is 6.92 Å². The second-order valence-corrected chi connectivity index (χ2v) is 7.36. The number of thiazole rings is 1. The average Bonchev–Trinajstić information content (AvgIpc) is 3.27. The Labute approximate surface area is 166 Å². The molecular weight excluding hydrogens is 386 g/mol. The number of aromatic nitrogens is 3. The molecule has 0 saturated heterocycles. The van der Waals surface area contributed by atoms with Crippen LogP contribution in [0.1, 0.15) is 24.1 Å². The van der Waals surface area contributed by atoms with Crippen LogP contribution < -0.4 is 4.74 Å². The van der Waals surface area contributed by atoms with E-state index < -0.39 is 0 Å².